The normalized spacial score (nSPS) is 10.7. The molecule has 136 valence electrons. The van der Waals surface area contributed by atoms with Gasteiger partial charge in [-0.15, -0.1) is 0 Å². The third-order valence-corrected chi connectivity index (χ3v) is 4.18. The lowest BCUT2D eigenvalue weighted by Gasteiger charge is -2.12. The second kappa shape index (κ2) is 10.1. The molecule has 0 aliphatic heterocycles. The Morgan fingerprint density at radius 2 is 1.72 bits per heavy atom. The number of ether oxygens (including phenoxy) is 2. The molecule has 0 radical (unpaired) electrons. The van der Waals surface area contributed by atoms with Crippen molar-refractivity contribution in [3.8, 4) is 11.5 Å². The lowest BCUT2D eigenvalue weighted by Crippen LogP contribution is -2.19. The van der Waals surface area contributed by atoms with Gasteiger partial charge in [-0.05, 0) is 42.7 Å². The zero-order valence-corrected chi connectivity index (χ0v) is 15.7. The predicted molar refractivity (Wildman–Crippen MR) is 102 cm³/mol. The van der Waals surface area contributed by atoms with E-state index in [1.165, 1.54) is 6.07 Å². The van der Waals surface area contributed by atoms with Crippen molar-refractivity contribution in [2.75, 3.05) is 13.2 Å². The van der Waals surface area contributed by atoms with Crippen LogP contribution in [0.5, 0.6) is 11.5 Å². The van der Waals surface area contributed by atoms with Crippen LogP contribution in [0, 0.1) is 0 Å². The fourth-order valence-corrected chi connectivity index (χ4v) is 2.59. The van der Waals surface area contributed by atoms with E-state index >= 15 is 0 Å². The van der Waals surface area contributed by atoms with Gasteiger partial charge in [-0.2, -0.15) is 0 Å². The van der Waals surface area contributed by atoms with Crippen LogP contribution in [0.2, 0.25) is 5.02 Å². The van der Waals surface area contributed by atoms with Gasteiger partial charge >= 0.3 is 0 Å². The van der Waals surface area contributed by atoms with Crippen LogP contribution < -0.4 is 15.0 Å². The van der Waals surface area contributed by atoms with E-state index in [1.807, 2.05) is 18.2 Å². The van der Waals surface area contributed by atoms with Crippen LogP contribution in [0.1, 0.15) is 45.1 Å². The van der Waals surface area contributed by atoms with Crippen molar-refractivity contribution in [2.24, 2.45) is 0 Å². The minimum Gasteiger partial charge on any atom is -0.494 e. The summed E-state index contributed by atoms with van der Waals surface area (Å²) in [5, 5.41) is 0.621. The molecule has 1 aromatic carbocycles. The number of hydrogen-bond donors (Lipinski definition) is 0. The van der Waals surface area contributed by atoms with Crippen molar-refractivity contribution in [1.82, 2.24) is 4.57 Å². The number of halogens is 1. The fraction of sp³-hybridized carbons (Fsp3) is 0.450. The van der Waals surface area contributed by atoms with Crippen LogP contribution in [-0.2, 0) is 6.54 Å². The highest BCUT2D eigenvalue weighted by Crippen LogP contribution is 2.23. The van der Waals surface area contributed by atoms with Crippen LogP contribution in [0.3, 0.4) is 0 Å². The molecule has 0 atom stereocenters. The largest absolute Gasteiger partial charge is 0.494 e. The molecular weight excluding hydrogens is 338 g/mol. The molecule has 5 heteroatoms. The van der Waals surface area contributed by atoms with Crippen LogP contribution in [-0.4, -0.2) is 17.8 Å². The first kappa shape index (κ1) is 19.4. The Morgan fingerprint density at radius 1 is 0.960 bits per heavy atom. The topological polar surface area (TPSA) is 40.5 Å². The SMILES string of the molecule is CCCCCOc1ccn(Cc2cc(OCCC)ccc2Cl)c(=O)c1. The molecule has 2 rings (SSSR count). The van der Waals surface area contributed by atoms with Gasteiger partial charge in [-0.1, -0.05) is 38.3 Å². The second-order valence-corrected chi connectivity index (χ2v) is 6.39. The molecule has 0 N–H and O–H groups in total. The summed E-state index contributed by atoms with van der Waals surface area (Å²) in [6, 6.07) is 8.88. The molecule has 0 aliphatic carbocycles. The number of hydrogen-bond acceptors (Lipinski definition) is 3. The van der Waals surface area contributed by atoms with Gasteiger partial charge in [0, 0.05) is 17.3 Å². The molecule has 4 nitrogen and oxygen atoms in total. The number of unbranched alkanes of at least 4 members (excludes halogenated alkanes) is 2. The molecule has 0 aliphatic rings. The highest BCUT2D eigenvalue weighted by atomic mass is 35.5. The molecule has 0 bridgehead atoms. The van der Waals surface area contributed by atoms with Crippen LogP contribution in [0.4, 0.5) is 0 Å². The maximum absolute atomic E-state index is 12.3. The van der Waals surface area contributed by atoms with E-state index in [2.05, 4.69) is 13.8 Å². The highest BCUT2D eigenvalue weighted by Gasteiger charge is 2.06. The van der Waals surface area contributed by atoms with Crippen molar-refractivity contribution in [3.05, 3.63) is 57.5 Å². The molecule has 0 fully saturated rings. The van der Waals surface area contributed by atoms with E-state index < -0.39 is 0 Å². The van der Waals surface area contributed by atoms with Gasteiger partial charge in [0.05, 0.1) is 19.8 Å². The average molecular weight is 364 g/mol. The van der Waals surface area contributed by atoms with E-state index in [9.17, 15) is 4.79 Å². The Balaban J connectivity index is 2.06. The van der Waals surface area contributed by atoms with Gasteiger partial charge in [-0.25, -0.2) is 0 Å². The molecule has 0 amide bonds. The summed E-state index contributed by atoms with van der Waals surface area (Å²) in [7, 11) is 0. The zero-order chi connectivity index (χ0) is 18.1. The van der Waals surface area contributed by atoms with E-state index in [0.29, 0.717) is 30.5 Å². The fourth-order valence-electron chi connectivity index (χ4n) is 2.42. The number of benzene rings is 1. The average Bonchev–Trinajstić information content (AvgIpc) is 2.61. The summed E-state index contributed by atoms with van der Waals surface area (Å²) >= 11 is 6.27. The van der Waals surface area contributed by atoms with Gasteiger partial charge in [0.25, 0.3) is 5.56 Å². The summed E-state index contributed by atoms with van der Waals surface area (Å²) in [6.45, 7) is 5.90. The number of pyridine rings is 1. The monoisotopic (exact) mass is 363 g/mol. The van der Waals surface area contributed by atoms with Crippen molar-refractivity contribution >= 4 is 11.6 Å². The quantitative estimate of drug-likeness (QED) is 0.563. The summed E-state index contributed by atoms with van der Waals surface area (Å²) in [4.78, 5) is 12.3. The Morgan fingerprint density at radius 3 is 2.44 bits per heavy atom. The number of nitrogens with zero attached hydrogens (tertiary/aromatic N) is 1. The lowest BCUT2D eigenvalue weighted by molar-refractivity contribution is 0.305. The third kappa shape index (κ3) is 6.13. The van der Waals surface area contributed by atoms with Gasteiger partial charge in [0.1, 0.15) is 11.5 Å². The molecule has 0 unspecified atom stereocenters. The molecular formula is C20H26ClNO3. The maximum Gasteiger partial charge on any atom is 0.254 e. The Bertz CT molecular complexity index is 727. The van der Waals surface area contributed by atoms with Gasteiger partial charge < -0.3 is 14.0 Å². The van der Waals surface area contributed by atoms with E-state index in [0.717, 1.165) is 37.0 Å². The minimum absolute atomic E-state index is 0.107. The summed E-state index contributed by atoms with van der Waals surface area (Å²) in [6.07, 6.45) is 5.96. The van der Waals surface area contributed by atoms with Crippen LogP contribution in [0.15, 0.2) is 41.3 Å². The van der Waals surface area contributed by atoms with Crippen molar-refractivity contribution in [2.45, 2.75) is 46.1 Å². The Kier molecular flexibility index (Phi) is 7.86. The maximum atomic E-state index is 12.3. The minimum atomic E-state index is -0.107. The smallest absolute Gasteiger partial charge is 0.254 e. The molecule has 0 spiro atoms. The third-order valence-electron chi connectivity index (χ3n) is 3.81. The van der Waals surface area contributed by atoms with Crippen molar-refractivity contribution in [3.63, 3.8) is 0 Å². The number of rotatable bonds is 10. The zero-order valence-electron chi connectivity index (χ0n) is 15.0. The molecule has 0 saturated heterocycles. The molecule has 1 heterocycles. The first-order valence-electron chi connectivity index (χ1n) is 8.88. The first-order chi connectivity index (χ1) is 12.1. The van der Waals surface area contributed by atoms with Gasteiger partial charge in [-0.3, -0.25) is 4.79 Å². The van der Waals surface area contributed by atoms with E-state index in [4.69, 9.17) is 21.1 Å². The summed E-state index contributed by atoms with van der Waals surface area (Å²) < 4.78 is 12.9. The van der Waals surface area contributed by atoms with Crippen molar-refractivity contribution < 1.29 is 9.47 Å². The van der Waals surface area contributed by atoms with E-state index in [1.54, 1.807) is 16.8 Å². The number of aromatic nitrogens is 1. The Labute approximate surface area is 154 Å². The summed E-state index contributed by atoms with van der Waals surface area (Å²) in [5.74, 6) is 1.38. The lowest BCUT2D eigenvalue weighted by atomic mass is 10.2. The molecule has 0 saturated carbocycles. The highest BCUT2D eigenvalue weighted by molar-refractivity contribution is 6.31. The van der Waals surface area contributed by atoms with Gasteiger partial charge in [0.15, 0.2) is 0 Å². The first-order valence-corrected chi connectivity index (χ1v) is 9.26. The van der Waals surface area contributed by atoms with Crippen LogP contribution in [0.25, 0.3) is 0 Å². The molecule has 25 heavy (non-hydrogen) atoms. The molecule has 2 aromatic rings. The predicted octanol–water partition coefficient (Wildman–Crippen LogP) is 4.91. The second-order valence-electron chi connectivity index (χ2n) is 5.99. The van der Waals surface area contributed by atoms with Crippen molar-refractivity contribution in [1.29, 1.82) is 0 Å². The standard InChI is InChI=1S/C20H26ClNO3/c1-3-5-6-12-25-18-9-10-22(20(23)14-18)15-16-13-17(24-11-4-2)7-8-19(16)21/h7-10,13-14H,3-6,11-12,15H2,1-2H3. The van der Waals surface area contributed by atoms with E-state index in [-0.39, 0.29) is 5.56 Å². The van der Waals surface area contributed by atoms with Gasteiger partial charge in [0.2, 0.25) is 0 Å². The Hall–Kier alpha value is -1.94. The van der Waals surface area contributed by atoms with Crippen LogP contribution >= 0.6 is 11.6 Å². The summed E-state index contributed by atoms with van der Waals surface area (Å²) in [5.41, 5.74) is 0.748. The molecule has 1 aromatic heterocycles.